The topological polar surface area (TPSA) is 79.2 Å². The normalized spacial score (nSPS) is 29.2. The number of ether oxygens (including phenoxy) is 2. The average Bonchev–Trinajstić information content (AvgIpc) is 3.45. The number of nitrogens with zero attached hydrogens (tertiary/aromatic N) is 1. The zero-order valence-corrected chi connectivity index (χ0v) is 21.1. The molecule has 2 N–H and O–H groups in total. The van der Waals surface area contributed by atoms with Gasteiger partial charge in [0.1, 0.15) is 0 Å². The summed E-state index contributed by atoms with van der Waals surface area (Å²) >= 11 is 1.91. The average molecular weight is 492 g/mol. The number of aliphatic hydroxyl groups is 1. The van der Waals surface area contributed by atoms with Crippen molar-refractivity contribution in [3.8, 4) is 0 Å². The molecule has 0 spiro atoms. The summed E-state index contributed by atoms with van der Waals surface area (Å²) in [7, 11) is 0. The van der Waals surface area contributed by atoms with Crippen LogP contribution in [0.1, 0.15) is 79.9 Å². The standard InChI is InChI=1S/C27H41NO5S/c29-23-18-24(33-19-21-12-13-25(34-21)20-8-4-3-5-9-20)22(10-6-1-2-7-11-26(30)31)27(23)28-14-16-32-17-15-28/h1,6,12-13,20,22-24,27,29H,2-5,7-11,14-19H2,(H,30,31)/b6-1-/t22-,23+,24-,27+/m0/s1. The van der Waals surface area contributed by atoms with Crippen LogP contribution in [-0.2, 0) is 20.9 Å². The van der Waals surface area contributed by atoms with Gasteiger partial charge in [-0.1, -0.05) is 31.4 Å². The van der Waals surface area contributed by atoms with Gasteiger partial charge in [-0.2, -0.15) is 0 Å². The largest absolute Gasteiger partial charge is 0.481 e. The molecule has 0 radical (unpaired) electrons. The van der Waals surface area contributed by atoms with Crippen LogP contribution in [0.3, 0.4) is 0 Å². The Balaban J connectivity index is 1.36. The molecule has 2 aliphatic carbocycles. The number of unbranched alkanes of at least 4 members (excludes halogenated alkanes) is 1. The van der Waals surface area contributed by atoms with Crippen molar-refractivity contribution in [2.45, 2.75) is 95.0 Å². The van der Waals surface area contributed by atoms with Crippen LogP contribution < -0.4 is 0 Å². The molecule has 6 nitrogen and oxygen atoms in total. The molecule has 4 rings (SSSR count). The van der Waals surface area contributed by atoms with Gasteiger partial charge in [-0.15, -0.1) is 11.3 Å². The van der Waals surface area contributed by atoms with E-state index in [9.17, 15) is 9.90 Å². The maximum atomic E-state index is 11.0. The molecule has 1 aromatic rings. The zero-order valence-electron chi connectivity index (χ0n) is 20.3. The minimum atomic E-state index is -0.742. The molecule has 0 amide bonds. The molecule has 0 aromatic carbocycles. The number of aliphatic hydroxyl groups excluding tert-OH is 1. The first-order valence-electron chi connectivity index (χ1n) is 13.2. The minimum absolute atomic E-state index is 0.0201. The Labute approximate surface area is 207 Å². The van der Waals surface area contributed by atoms with E-state index in [-0.39, 0.29) is 24.5 Å². The van der Waals surface area contributed by atoms with E-state index in [0.29, 0.717) is 32.7 Å². The van der Waals surface area contributed by atoms with Crippen LogP contribution >= 0.6 is 11.3 Å². The SMILES string of the molecule is O=C(O)CCC/C=C\C[C@@H]1[C@@H](N2CCOCC2)[C@H](O)C[C@@H]1OCc1ccc(C2CCCCC2)s1. The lowest BCUT2D eigenvalue weighted by atomic mass is 9.88. The van der Waals surface area contributed by atoms with Gasteiger partial charge in [-0.25, -0.2) is 0 Å². The minimum Gasteiger partial charge on any atom is -0.481 e. The van der Waals surface area contributed by atoms with E-state index in [1.54, 1.807) is 0 Å². The highest BCUT2D eigenvalue weighted by Crippen LogP contribution is 2.39. The number of morpholine rings is 1. The van der Waals surface area contributed by atoms with Gasteiger partial charge in [-0.05, 0) is 50.2 Å². The maximum absolute atomic E-state index is 11.0. The molecular formula is C27H41NO5S. The highest BCUT2D eigenvalue weighted by atomic mass is 32.1. The summed E-state index contributed by atoms with van der Waals surface area (Å²) in [6, 6.07) is 4.62. The maximum Gasteiger partial charge on any atom is 0.303 e. The van der Waals surface area contributed by atoms with Gasteiger partial charge in [0.25, 0.3) is 0 Å². The fourth-order valence-electron chi connectivity index (χ4n) is 5.94. The van der Waals surface area contributed by atoms with Crippen LogP contribution in [0.4, 0.5) is 0 Å². The van der Waals surface area contributed by atoms with Gasteiger partial charge in [-0.3, -0.25) is 9.69 Å². The monoisotopic (exact) mass is 491 g/mol. The third kappa shape index (κ3) is 7.14. The molecule has 3 fully saturated rings. The summed E-state index contributed by atoms with van der Waals surface area (Å²) in [5.41, 5.74) is 0. The Hall–Kier alpha value is -1.25. The van der Waals surface area contributed by atoms with Gasteiger partial charge in [0.2, 0.25) is 0 Å². The Bertz CT molecular complexity index is 784. The van der Waals surface area contributed by atoms with Gasteiger partial charge < -0.3 is 19.7 Å². The van der Waals surface area contributed by atoms with Crippen LogP contribution in [0.5, 0.6) is 0 Å². The second-order valence-corrected chi connectivity index (χ2v) is 11.3. The fraction of sp³-hybridized carbons (Fsp3) is 0.741. The number of allylic oxidation sites excluding steroid dienone is 2. The highest BCUT2D eigenvalue weighted by Gasteiger charge is 2.45. The van der Waals surface area contributed by atoms with E-state index in [1.165, 1.54) is 41.9 Å². The van der Waals surface area contributed by atoms with Crippen molar-refractivity contribution in [3.63, 3.8) is 0 Å². The summed E-state index contributed by atoms with van der Waals surface area (Å²) in [5.74, 6) is 0.209. The molecule has 1 aromatic heterocycles. The van der Waals surface area contributed by atoms with E-state index in [2.05, 4.69) is 29.2 Å². The molecule has 1 saturated heterocycles. The summed E-state index contributed by atoms with van der Waals surface area (Å²) in [6.45, 7) is 3.74. The van der Waals surface area contributed by atoms with Crippen LogP contribution in [0.15, 0.2) is 24.3 Å². The van der Waals surface area contributed by atoms with Gasteiger partial charge in [0.05, 0.1) is 32.0 Å². The number of carbonyl (C=O) groups is 1. The van der Waals surface area contributed by atoms with Gasteiger partial charge in [0, 0.05) is 47.6 Å². The molecule has 2 heterocycles. The lowest BCUT2D eigenvalue weighted by Gasteiger charge is -2.37. The van der Waals surface area contributed by atoms with Crippen molar-refractivity contribution in [1.29, 1.82) is 0 Å². The number of hydrogen-bond donors (Lipinski definition) is 2. The second-order valence-electron chi connectivity index (χ2n) is 10.1. The van der Waals surface area contributed by atoms with Crippen molar-refractivity contribution < 1.29 is 24.5 Å². The van der Waals surface area contributed by atoms with Crippen molar-refractivity contribution in [1.82, 2.24) is 4.90 Å². The number of aliphatic carboxylic acids is 1. The Morgan fingerprint density at radius 1 is 1.18 bits per heavy atom. The van der Waals surface area contributed by atoms with Crippen LogP contribution in [0.2, 0.25) is 0 Å². The molecule has 0 unspecified atom stereocenters. The van der Waals surface area contributed by atoms with Crippen LogP contribution in [0, 0.1) is 5.92 Å². The van der Waals surface area contributed by atoms with E-state index in [0.717, 1.165) is 31.8 Å². The summed E-state index contributed by atoms with van der Waals surface area (Å²) in [6.07, 6.45) is 13.7. The van der Waals surface area contributed by atoms with Crippen LogP contribution in [-0.4, -0.2) is 65.6 Å². The summed E-state index contributed by atoms with van der Waals surface area (Å²) < 4.78 is 12.0. The van der Waals surface area contributed by atoms with Crippen molar-refractivity contribution in [3.05, 3.63) is 34.0 Å². The van der Waals surface area contributed by atoms with E-state index in [1.807, 2.05) is 11.3 Å². The molecule has 0 bridgehead atoms. The molecule has 3 aliphatic rings. The van der Waals surface area contributed by atoms with Crippen LogP contribution in [0.25, 0.3) is 0 Å². The Kier molecular flexibility index (Phi) is 10.0. The third-order valence-electron chi connectivity index (χ3n) is 7.72. The summed E-state index contributed by atoms with van der Waals surface area (Å²) in [5, 5.41) is 19.8. The van der Waals surface area contributed by atoms with Gasteiger partial charge in [0.15, 0.2) is 0 Å². The predicted octanol–water partition coefficient (Wildman–Crippen LogP) is 4.96. The van der Waals surface area contributed by atoms with Crippen molar-refractivity contribution >= 4 is 17.3 Å². The first kappa shape index (κ1) is 25.8. The predicted molar refractivity (Wildman–Crippen MR) is 134 cm³/mol. The van der Waals surface area contributed by atoms with E-state index in [4.69, 9.17) is 14.6 Å². The number of carboxylic acid groups (broad SMARTS) is 1. The number of carboxylic acids is 1. The molecule has 190 valence electrons. The highest BCUT2D eigenvalue weighted by molar-refractivity contribution is 7.12. The van der Waals surface area contributed by atoms with E-state index >= 15 is 0 Å². The van der Waals surface area contributed by atoms with Crippen molar-refractivity contribution in [2.75, 3.05) is 26.3 Å². The number of hydrogen-bond acceptors (Lipinski definition) is 6. The van der Waals surface area contributed by atoms with E-state index < -0.39 is 12.1 Å². The zero-order chi connectivity index (χ0) is 23.8. The first-order chi connectivity index (χ1) is 16.6. The molecular weight excluding hydrogens is 450 g/mol. The lowest BCUT2D eigenvalue weighted by Crippen LogP contribution is -2.50. The number of thiophene rings is 1. The molecule has 7 heteroatoms. The third-order valence-corrected chi connectivity index (χ3v) is 8.94. The summed E-state index contributed by atoms with van der Waals surface area (Å²) in [4.78, 5) is 15.9. The number of rotatable bonds is 11. The van der Waals surface area contributed by atoms with Gasteiger partial charge >= 0.3 is 5.97 Å². The molecule has 4 atom stereocenters. The molecule has 1 aliphatic heterocycles. The lowest BCUT2D eigenvalue weighted by molar-refractivity contribution is -0.137. The first-order valence-corrected chi connectivity index (χ1v) is 14.0. The van der Waals surface area contributed by atoms with Crippen molar-refractivity contribution in [2.24, 2.45) is 5.92 Å². The molecule has 2 saturated carbocycles. The second kappa shape index (κ2) is 13.2. The Morgan fingerprint density at radius 3 is 2.74 bits per heavy atom. The smallest absolute Gasteiger partial charge is 0.303 e. The fourth-order valence-corrected chi connectivity index (χ4v) is 7.04. The molecule has 34 heavy (non-hydrogen) atoms. The Morgan fingerprint density at radius 2 is 1.97 bits per heavy atom. The quantitative estimate of drug-likeness (QED) is 0.336.